The predicted molar refractivity (Wildman–Crippen MR) is 102 cm³/mol. The summed E-state index contributed by atoms with van der Waals surface area (Å²) in [4.78, 5) is 35.2. The molecule has 2 aromatic rings. The fraction of sp³-hybridized carbons (Fsp3) is 0.211. The Labute approximate surface area is 152 Å². The molecule has 0 unspecified atom stereocenters. The number of nitrogens with two attached hydrogens (primary N) is 1. The minimum absolute atomic E-state index is 0.00528. The van der Waals surface area contributed by atoms with Crippen LogP contribution in [0.2, 0.25) is 0 Å². The van der Waals surface area contributed by atoms with Crippen molar-refractivity contribution in [3.8, 4) is 0 Å². The lowest BCUT2D eigenvalue weighted by atomic mass is 10.1. The van der Waals surface area contributed by atoms with Crippen molar-refractivity contribution in [3.63, 3.8) is 0 Å². The summed E-state index contributed by atoms with van der Waals surface area (Å²) in [6.45, 7) is 3.62. The molecule has 0 bridgehead atoms. The van der Waals surface area contributed by atoms with Gasteiger partial charge in [-0.25, -0.2) is 0 Å². The number of primary amides is 1. The third-order valence-electron chi connectivity index (χ3n) is 3.57. The van der Waals surface area contributed by atoms with Crippen LogP contribution in [-0.2, 0) is 9.59 Å². The molecule has 5 N–H and O–H groups in total. The monoisotopic (exact) mass is 354 g/mol. The van der Waals surface area contributed by atoms with E-state index in [2.05, 4.69) is 16.0 Å². The molecule has 0 atom stereocenters. The van der Waals surface area contributed by atoms with E-state index in [0.29, 0.717) is 17.1 Å². The first-order chi connectivity index (χ1) is 12.4. The topological polar surface area (TPSA) is 113 Å². The van der Waals surface area contributed by atoms with Crippen LogP contribution in [0.1, 0.15) is 24.2 Å². The summed E-state index contributed by atoms with van der Waals surface area (Å²) in [5.74, 6) is -1.14. The van der Waals surface area contributed by atoms with Crippen LogP contribution in [0.25, 0.3) is 0 Å². The molecule has 0 spiro atoms. The Balaban J connectivity index is 1.96. The number of carbonyl (C=O) groups excluding carboxylic acids is 3. The van der Waals surface area contributed by atoms with Gasteiger partial charge in [0.05, 0.1) is 17.8 Å². The van der Waals surface area contributed by atoms with Crippen molar-refractivity contribution in [1.29, 1.82) is 0 Å². The first-order valence-electron chi connectivity index (χ1n) is 8.20. The van der Waals surface area contributed by atoms with Crippen molar-refractivity contribution in [1.82, 2.24) is 0 Å². The molecule has 0 saturated heterocycles. The van der Waals surface area contributed by atoms with Crippen LogP contribution in [0.3, 0.4) is 0 Å². The Hall–Kier alpha value is -3.35. The van der Waals surface area contributed by atoms with Gasteiger partial charge in [0.1, 0.15) is 0 Å². The molecule has 0 heterocycles. The molecule has 0 aliphatic heterocycles. The highest BCUT2D eigenvalue weighted by Gasteiger charge is 2.11. The maximum absolute atomic E-state index is 12.1. The van der Waals surface area contributed by atoms with E-state index in [1.54, 1.807) is 48.5 Å². The molecule has 7 nitrogen and oxygen atoms in total. The number of para-hydroxylation sites is 1. The fourth-order valence-electron chi connectivity index (χ4n) is 2.18. The Morgan fingerprint density at radius 1 is 0.962 bits per heavy atom. The number of rotatable bonds is 7. The Kier molecular flexibility index (Phi) is 6.32. The molecule has 136 valence electrons. The number of hydrogen-bond acceptors (Lipinski definition) is 4. The molecule has 26 heavy (non-hydrogen) atoms. The van der Waals surface area contributed by atoms with Gasteiger partial charge in [0.2, 0.25) is 11.8 Å². The normalized spacial score (nSPS) is 10.3. The van der Waals surface area contributed by atoms with Crippen LogP contribution in [0.5, 0.6) is 0 Å². The summed E-state index contributed by atoms with van der Waals surface area (Å²) in [6.07, 6.45) is 0. The lowest BCUT2D eigenvalue weighted by Gasteiger charge is -2.12. The van der Waals surface area contributed by atoms with E-state index in [-0.39, 0.29) is 29.8 Å². The molecular formula is C19H22N4O3. The third-order valence-corrected chi connectivity index (χ3v) is 3.57. The Morgan fingerprint density at radius 3 is 2.35 bits per heavy atom. The van der Waals surface area contributed by atoms with Gasteiger partial charge in [-0.05, 0) is 30.3 Å². The van der Waals surface area contributed by atoms with Crippen LogP contribution in [-0.4, -0.2) is 24.3 Å². The summed E-state index contributed by atoms with van der Waals surface area (Å²) >= 11 is 0. The van der Waals surface area contributed by atoms with Crippen molar-refractivity contribution in [2.75, 3.05) is 22.5 Å². The first kappa shape index (κ1) is 19.0. The van der Waals surface area contributed by atoms with Gasteiger partial charge in [0, 0.05) is 17.3 Å². The van der Waals surface area contributed by atoms with Crippen LogP contribution in [0.4, 0.5) is 17.1 Å². The van der Waals surface area contributed by atoms with Gasteiger partial charge >= 0.3 is 0 Å². The van der Waals surface area contributed by atoms with E-state index < -0.39 is 5.91 Å². The first-order valence-corrected chi connectivity index (χ1v) is 8.20. The van der Waals surface area contributed by atoms with Gasteiger partial charge < -0.3 is 21.7 Å². The molecule has 3 amide bonds. The summed E-state index contributed by atoms with van der Waals surface area (Å²) in [6, 6.07) is 13.6. The zero-order valence-electron chi connectivity index (χ0n) is 14.7. The third kappa shape index (κ3) is 5.34. The second-order valence-electron chi connectivity index (χ2n) is 6.04. The number of carbonyl (C=O) groups is 3. The summed E-state index contributed by atoms with van der Waals surface area (Å²) < 4.78 is 0. The second kappa shape index (κ2) is 8.66. The van der Waals surface area contributed by atoms with E-state index >= 15 is 0 Å². The minimum atomic E-state index is -0.609. The molecular weight excluding hydrogens is 332 g/mol. The molecule has 0 radical (unpaired) electrons. The Morgan fingerprint density at radius 2 is 1.65 bits per heavy atom. The summed E-state index contributed by atoms with van der Waals surface area (Å²) in [7, 11) is 0. The van der Waals surface area contributed by atoms with Gasteiger partial charge in [-0.2, -0.15) is 0 Å². The van der Waals surface area contributed by atoms with Gasteiger partial charge in [-0.3, -0.25) is 14.4 Å². The van der Waals surface area contributed by atoms with E-state index in [9.17, 15) is 14.4 Å². The Bertz CT molecular complexity index is 818. The molecule has 2 rings (SSSR count). The minimum Gasteiger partial charge on any atom is -0.376 e. The zero-order valence-corrected chi connectivity index (χ0v) is 14.7. The highest BCUT2D eigenvalue weighted by molar-refractivity contribution is 6.03. The van der Waals surface area contributed by atoms with E-state index in [0.717, 1.165) is 0 Å². The number of anilines is 3. The summed E-state index contributed by atoms with van der Waals surface area (Å²) in [5, 5.41) is 8.43. The SMILES string of the molecule is CC(C)C(=O)Nc1cccc(NCC(=O)Nc2ccccc2C(N)=O)c1. The maximum Gasteiger partial charge on any atom is 0.250 e. The smallest absolute Gasteiger partial charge is 0.250 e. The van der Waals surface area contributed by atoms with Crippen molar-refractivity contribution < 1.29 is 14.4 Å². The summed E-state index contributed by atoms with van der Waals surface area (Å²) in [5.41, 5.74) is 7.24. The van der Waals surface area contributed by atoms with Crippen molar-refractivity contribution in [2.45, 2.75) is 13.8 Å². The van der Waals surface area contributed by atoms with E-state index in [4.69, 9.17) is 5.73 Å². The average molecular weight is 354 g/mol. The van der Waals surface area contributed by atoms with Crippen molar-refractivity contribution >= 4 is 34.8 Å². The van der Waals surface area contributed by atoms with Crippen molar-refractivity contribution in [2.24, 2.45) is 11.7 Å². The van der Waals surface area contributed by atoms with Crippen molar-refractivity contribution in [3.05, 3.63) is 54.1 Å². The highest BCUT2D eigenvalue weighted by Crippen LogP contribution is 2.17. The predicted octanol–water partition coefficient (Wildman–Crippen LogP) is 2.43. The van der Waals surface area contributed by atoms with Gasteiger partial charge in [0.25, 0.3) is 5.91 Å². The molecule has 7 heteroatoms. The van der Waals surface area contributed by atoms with E-state index in [1.807, 2.05) is 13.8 Å². The van der Waals surface area contributed by atoms with E-state index in [1.165, 1.54) is 0 Å². The van der Waals surface area contributed by atoms with Crippen LogP contribution in [0.15, 0.2) is 48.5 Å². The number of hydrogen-bond donors (Lipinski definition) is 4. The van der Waals surface area contributed by atoms with Gasteiger partial charge in [-0.15, -0.1) is 0 Å². The van der Waals surface area contributed by atoms with Crippen LogP contribution in [0, 0.1) is 5.92 Å². The van der Waals surface area contributed by atoms with Gasteiger partial charge in [-0.1, -0.05) is 32.0 Å². The van der Waals surface area contributed by atoms with Crippen LogP contribution >= 0.6 is 0 Å². The highest BCUT2D eigenvalue weighted by atomic mass is 16.2. The maximum atomic E-state index is 12.1. The quantitative estimate of drug-likeness (QED) is 0.611. The van der Waals surface area contributed by atoms with Crippen LogP contribution < -0.4 is 21.7 Å². The average Bonchev–Trinajstić information content (AvgIpc) is 2.60. The molecule has 0 aliphatic rings. The number of nitrogens with one attached hydrogen (secondary N) is 3. The number of benzene rings is 2. The lowest BCUT2D eigenvalue weighted by molar-refractivity contribution is -0.119. The largest absolute Gasteiger partial charge is 0.376 e. The van der Waals surface area contributed by atoms with Gasteiger partial charge in [0.15, 0.2) is 0 Å². The molecule has 0 saturated carbocycles. The standard InChI is InChI=1S/C19H22N4O3/c1-12(2)19(26)22-14-7-5-6-13(10-14)21-11-17(24)23-16-9-4-3-8-15(16)18(20)25/h3-10,12,21H,11H2,1-2H3,(H2,20,25)(H,22,26)(H,23,24). The second-order valence-corrected chi connectivity index (χ2v) is 6.04. The molecule has 0 fully saturated rings. The molecule has 0 aromatic heterocycles. The fourth-order valence-corrected chi connectivity index (χ4v) is 2.18. The lowest BCUT2D eigenvalue weighted by Crippen LogP contribution is -2.24. The number of amides is 3. The molecule has 2 aromatic carbocycles. The molecule has 0 aliphatic carbocycles. The zero-order chi connectivity index (χ0) is 19.1.